The first-order valence-corrected chi connectivity index (χ1v) is 9.88. The number of Topliss-reactive ketones (excluding diaryl/α,β-unsaturated/α-hetero) is 1. The van der Waals surface area contributed by atoms with Crippen LogP contribution in [0.2, 0.25) is 0 Å². The third-order valence-corrected chi connectivity index (χ3v) is 4.92. The molecule has 2 aromatic rings. The van der Waals surface area contributed by atoms with Gasteiger partial charge < -0.3 is 14.4 Å². The van der Waals surface area contributed by atoms with Crippen molar-refractivity contribution in [1.29, 1.82) is 0 Å². The van der Waals surface area contributed by atoms with E-state index < -0.39 is 6.10 Å². The van der Waals surface area contributed by atoms with E-state index in [2.05, 4.69) is 0 Å². The van der Waals surface area contributed by atoms with Crippen molar-refractivity contribution < 1.29 is 19.1 Å². The molecule has 3 rings (SSSR count). The molecule has 152 valence electrons. The summed E-state index contributed by atoms with van der Waals surface area (Å²) in [4.78, 5) is 26.4. The van der Waals surface area contributed by atoms with Crippen molar-refractivity contribution in [3.8, 4) is 11.5 Å². The van der Waals surface area contributed by atoms with E-state index in [0.717, 1.165) is 28.7 Å². The maximum absolute atomic E-state index is 12.8. The molecule has 0 heterocycles. The van der Waals surface area contributed by atoms with Crippen molar-refractivity contribution in [1.82, 2.24) is 4.90 Å². The molecule has 1 aliphatic rings. The molecule has 5 heteroatoms. The Hall–Kier alpha value is -3.08. The number of benzene rings is 2. The lowest BCUT2D eigenvalue weighted by atomic mass is 9.86. The SMILES string of the molecule is CCOc1cc(/C=C2/CCc3ccccc3C2=O)ccc1OC(C)C(=O)N(C)C. The van der Waals surface area contributed by atoms with E-state index in [1.807, 2.05) is 49.4 Å². The molecule has 0 aliphatic heterocycles. The van der Waals surface area contributed by atoms with E-state index >= 15 is 0 Å². The molecule has 0 spiro atoms. The summed E-state index contributed by atoms with van der Waals surface area (Å²) in [5.41, 5.74) is 3.55. The van der Waals surface area contributed by atoms with Crippen LogP contribution in [0.3, 0.4) is 0 Å². The molecule has 1 aliphatic carbocycles. The number of hydrogen-bond acceptors (Lipinski definition) is 4. The number of carbonyl (C=O) groups is 2. The predicted molar refractivity (Wildman–Crippen MR) is 113 cm³/mol. The van der Waals surface area contributed by atoms with Gasteiger partial charge in [0, 0.05) is 25.2 Å². The summed E-state index contributed by atoms with van der Waals surface area (Å²) in [5, 5.41) is 0. The number of likely N-dealkylation sites (N-methyl/N-ethyl adjacent to an activating group) is 1. The molecule has 1 amide bonds. The normalized spacial score (nSPS) is 15.6. The molecule has 0 bridgehead atoms. The van der Waals surface area contributed by atoms with Crippen molar-refractivity contribution in [2.45, 2.75) is 32.8 Å². The molecule has 1 unspecified atom stereocenters. The number of amides is 1. The highest BCUT2D eigenvalue weighted by molar-refractivity contribution is 6.13. The van der Waals surface area contributed by atoms with Crippen LogP contribution >= 0.6 is 0 Å². The molecule has 2 aromatic carbocycles. The van der Waals surface area contributed by atoms with Crippen LogP contribution in [0.1, 0.15) is 41.8 Å². The smallest absolute Gasteiger partial charge is 0.262 e. The number of hydrogen-bond donors (Lipinski definition) is 0. The summed E-state index contributed by atoms with van der Waals surface area (Å²) in [6, 6.07) is 13.3. The van der Waals surface area contributed by atoms with Gasteiger partial charge in [0.25, 0.3) is 5.91 Å². The average Bonchev–Trinajstić information content (AvgIpc) is 2.71. The van der Waals surface area contributed by atoms with Crippen LogP contribution in [0, 0.1) is 0 Å². The van der Waals surface area contributed by atoms with Gasteiger partial charge in [-0.2, -0.15) is 0 Å². The number of nitrogens with zero attached hydrogens (tertiary/aromatic N) is 1. The molecular formula is C24H27NO4. The monoisotopic (exact) mass is 393 g/mol. The molecule has 0 aromatic heterocycles. The first-order chi connectivity index (χ1) is 13.9. The predicted octanol–water partition coefficient (Wildman–Crippen LogP) is 4.15. The van der Waals surface area contributed by atoms with Gasteiger partial charge in [-0.05, 0) is 56.0 Å². The van der Waals surface area contributed by atoms with Crippen LogP contribution < -0.4 is 9.47 Å². The van der Waals surface area contributed by atoms with E-state index in [1.165, 1.54) is 4.90 Å². The van der Waals surface area contributed by atoms with Crippen molar-refractivity contribution in [3.63, 3.8) is 0 Å². The number of aryl methyl sites for hydroxylation is 1. The Morgan fingerprint density at radius 1 is 1.14 bits per heavy atom. The Morgan fingerprint density at radius 2 is 1.90 bits per heavy atom. The zero-order valence-electron chi connectivity index (χ0n) is 17.4. The highest BCUT2D eigenvalue weighted by Gasteiger charge is 2.22. The molecular weight excluding hydrogens is 366 g/mol. The van der Waals surface area contributed by atoms with E-state index in [-0.39, 0.29) is 11.7 Å². The molecule has 0 saturated carbocycles. The van der Waals surface area contributed by atoms with Gasteiger partial charge in [0.05, 0.1) is 6.61 Å². The van der Waals surface area contributed by atoms with E-state index in [4.69, 9.17) is 9.47 Å². The first-order valence-electron chi connectivity index (χ1n) is 9.88. The molecule has 0 radical (unpaired) electrons. The van der Waals surface area contributed by atoms with Gasteiger partial charge in [-0.25, -0.2) is 0 Å². The summed E-state index contributed by atoms with van der Waals surface area (Å²) in [5.74, 6) is 1.03. The van der Waals surface area contributed by atoms with E-state index in [1.54, 1.807) is 27.1 Å². The molecule has 0 fully saturated rings. The fourth-order valence-corrected chi connectivity index (χ4v) is 3.44. The van der Waals surface area contributed by atoms with Crippen molar-refractivity contribution in [2.75, 3.05) is 20.7 Å². The second kappa shape index (κ2) is 8.95. The molecule has 5 nitrogen and oxygen atoms in total. The molecule has 0 saturated heterocycles. The number of carbonyl (C=O) groups excluding carboxylic acids is 2. The van der Waals surface area contributed by atoms with Crippen molar-refractivity contribution in [3.05, 3.63) is 64.7 Å². The van der Waals surface area contributed by atoms with Crippen LogP contribution in [0.5, 0.6) is 11.5 Å². The molecule has 1 atom stereocenters. The fraction of sp³-hybridized carbons (Fsp3) is 0.333. The Balaban J connectivity index is 1.86. The minimum Gasteiger partial charge on any atom is -0.490 e. The van der Waals surface area contributed by atoms with Gasteiger partial charge in [0.15, 0.2) is 23.4 Å². The Labute approximate surface area is 171 Å². The standard InChI is InChI=1S/C24H27NO4/c1-5-28-22-15-17(10-13-21(22)29-16(2)24(27)25(3)4)14-19-12-11-18-8-6-7-9-20(18)23(19)26/h6-10,13-16H,5,11-12H2,1-4H3/b19-14-. The lowest BCUT2D eigenvalue weighted by Crippen LogP contribution is -2.35. The summed E-state index contributed by atoms with van der Waals surface area (Å²) in [7, 11) is 3.39. The number of rotatable bonds is 6. The number of ether oxygens (including phenoxy) is 2. The van der Waals surface area contributed by atoms with E-state index in [9.17, 15) is 9.59 Å². The maximum Gasteiger partial charge on any atom is 0.262 e. The highest BCUT2D eigenvalue weighted by Crippen LogP contribution is 2.32. The summed E-state index contributed by atoms with van der Waals surface area (Å²) in [6.07, 6.45) is 2.87. The van der Waals surface area contributed by atoms with Crippen LogP contribution in [-0.4, -0.2) is 43.4 Å². The van der Waals surface area contributed by atoms with Gasteiger partial charge in [0.2, 0.25) is 0 Å². The first kappa shape index (κ1) is 20.6. The van der Waals surface area contributed by atoms with Crippen LogP contribution in [0.25, 0.3) is 6.08 Å². The largest absolute Gasteiger partial charge is 0.490 e. The Kier molecular flexibility index (Phi) is 6.37. The number of allylic oxidation sites excluding steroid dienone is 1. The Bertz CT molecular complexity index is 946. The molecule has 0 N–H and O–H groups in total. The second-order valence-electron chi connectivity index (χ2n) is 7.29. The van der Waals surface area contributed by atoms with Crippen LogP contribution in [-0.2, 0) is 11.2 Å². The van der Waals surface area contributed by atoms with Crippen LogP contribution in [0.4, 0.5) is 0 Å². The number of ketones is 1. The quantitative estimate of drug-likeness (QED) is 0.692. The number of fused-ring (bicyclic) bond motifs is 1. The summed E-state index contributed by atoms with van der Waals surface area (Å²) < 4.78 is 11.6. The van der Waals surface area contributed by atoms with Crippen LogP contribution in [0.15, 0.2) is 48.0 Å². The second-order valence-corrected chi connectivity index (χ2v) is 7.29. The fourth-order valence-electron chi connectivity index (χ4n) is 3.44. The van der Waals surface area contributed by atoms with Gasteiger partial charge >= 0.3 is 0 Å². The van der Waals surface area contributed by atoms with Gasteiger partial charge in [-0.15, -0.1) is 0 Å². The molecule has 29 heavy (non-hydrogen) atoms. The minimum absolute atomic E-state index is 0.0790. The van der Waals surface area contributed by atoms with Gasteiger partial charge in [0.1, 0.15) is 0 Å². The zero-order chi connectivity index (χ0) is 21.0. The van der Waals surface area contributed by atoms with Gasteiger partial charge in [-0.3, -0.25) is 9.59 Å². The maximum atomic E-state index is 12.8. The third kappa shape index (κ3) is 4.67. The van der Waals surface area contributed by atoms with E-state index in [0.29, 0.717) is 24.5 Å². The Morgan fingerprint density at radius 3 is 2.62 bits per heavy atom. The summed E-state index contributed by atoms with van der Waals surface area (Å²) in [6.45, 7) is 4.08. The van der Waals surface area contributed by atoms with Crippen molar-refractivity contribution >= 4 is 17.8 Å². The highest BCUT2D eigenvalue weighted by atomic mass is 16.5. The topological polar surface area (TPSA) is 55.8 Å². The summed E-state index contributed by atoms with van der Waals surface area (Å²) >= 11 is 0. The lowest BCUT2D eigenvalue weighted by molar-refractivity contribution is -0.135. The average molecular weight is 393 g/mol. The third-order valence-electron chi connectivity index (χ3n) is 4.92. The van der Waals surface area contributed by atoms with Gasteiger partial charge in [-0.1, -0.05) is 30.3 Å². The minimum atomic E-state index is -0.621. The van der Waals surface area contributed by atoms with Crippen molar-refractivity contribution in [2.24, 2.45) is 0 Å². The lowest BCUT2D eigenvalue weighted by Gasteiger charge is -2.20. The zero-order valence-corrected chi connectivity index (χ0v) is 17.4.